The van der Waals surface area contributed by atoms with Crippen LogP contribution in [-0.2, 0) is 0 Å². The smallest absolute Gasteiger partial charge is 0.425 e. The van der Waals surface area contributed by atoms with Gasteiger partial charge in [-0.1, -0.05) is 6.07 Å². The topological polar surface area (TPSA) is 80.6 Å². The quantitative estimate of drug-likeness (QED) is 0.590. The monoisotopic (exact) mass is 517 g/mol. The first-order valence-electron chi connectivity index (χ1n) is 10.7. The molecule has 8 nitrogen and oxygen atoms in total. The van der Waals surface area contributed by atoms with E-state index in [-0.39, 0.29) is 0 Å². The summed E-state index contributed by atoms with van der Waals surface area (Å²) >= 11 is 0. The number of guanidine groups is 1. The summed E-state index contributed by atoms with van der Waals surface area (Å²) in [7, 11) is 1.70. The van der Waals surface area contributed by atoms with Crippen LogP contribution in [0, 0.1) is 17.5 Å². The maximum atomic E-state index is 15.2. The normalized spacial score (nSPS) is 18.6. The summed E-state index contributed by atoms with van der Waals surface area (Å²) in [5.74, 6) is -5.19. The number of nitrogens with one attached hydrogen (secondary N) is 1. The van der Waals surface area contributed by atoms with Crippen molar-refractivity contribution in [3.63, 3.8) is 0 Å². The molecule has 0 radical (unpaired) electrons. The number of hydrogen-bond donors (Lipinski definition) is 2. The maximum absolute atomic E-state index is 15.2. The van der Waals surface area contributed by atoms with E-state index in [0.717, 1.165) is 29.3 Å². The van der Waals surface area contributed by atoms with Gasteiger partial charge in [-0.2, -0.15) is 13.2 Å². The first kappa shape index (κ1) is 25.4. The molecule has 1 unspecified atom stereocenters. The third-order valence-corrected chi connectivity index (χ3v) is 5.69. The van der Waals surface area contributed by atoms with Crippen LogP contribution >= 0.6 is 0 Å². The number of alkyl halides is 3. The van der Waals surface area contributed by atoms with E-state index >= 15 is 4.39 Å². The van der Waals surface area contributed by atoms with Crippen molar-refractivity contribution in [2.75, 3.05) is 30.5 Å². The number of aliphatic hydroxyl groups is 1. The second kappa shape index (κ2) is 9.41. The Kier molecular flexibility index (Phi) is 6.64. The van der Waals surface area contributed by atoms with Gasteiger partial charge in [0.1, 0.15) is 34.6 Å². The molecule has 14 heteroatoms. The molecule has 4 rings (SSSR count). The third kappa shape index (κ3) is 4.72. The van der Waals surface area contributed by atoms with Crippen molar-refractivity contribution < 1.29 is 41.0 Å². The average molecular weight is 517 g/mol. The predicted molar refractivity (Wildman–Crippen MR) is 117 cm³/mol. The maximum Gasteiger partial charge on any atom is 0.425 e. The second-order valence-corrected chi connectivity index (χ2v) is 8.21. The van der Waals surface area contributed by atoms with Gasteiger partial charge in [0.25, 0.3) is 5.91 Å². The van der Waals surface area contributed by atoms with Crippen molar-refractivity contribution in [3.8, 4) is 5.75 Å². The Morgan fingerprint density at radius 2 is 1.83 bits per heavy atom. The van der Waals surface area contributed by atoms with E-state index in [0.29, 0.717) is 38.5 Å². The van der Waals surface area contributed by atoms with Gasteiger partial charge < -0.3 is 20.1 Å². The highest BCUT2D eigenvalue weighted by Crippen LogP contribution is 2.36. The molecular formula is C22H21F6N5O3. The molecule has 0 saturated carbocycles. The number of carbonyl (C=O) groups is 1. The highest BCUT2D eigenvalue weighted by Gasteiger charge is 2.41. The molecule has 2 aliphatic heterocycles. The summed E-state index contributed by atoms with van der Waals surface area (Å²) in [6, 6.07) is 4.07. The number of aliphatic hydroxyl groups excluding tert-OH is 1. The van der Waals surface area contributed by atoms with E-state index in [9.17, 15) is 31.9 Å². The number of para-hydroxylation sites is 1. The molecule has 1 saturated heterocycles. The summed E-state index contributed by atoms with van der Waals surface area (Å²) in [5.41, 5.74) is -2.11. The van der Waals surface area contributed by atoms with Crippen LogP contribution in [0.4, 0.5) is 37.7 Å². The Hall–Kier alpha value is -3.68. The van der Waals surface area contributed by atoms with Gasteiger partial charge in [-0.15, -0.1) is 5.10 Å². The van der Waals surface area contributed by atoms with Gasteiger partial charge in [0.2, 0.25) is 12.3 Å². The Morgan fingerprint density at radius 3 is 2.44 bits per heavy atom. The highest BCUT2D eigenvalue weighted by molar-refractivity contribution is 6.06. The van der Waals surface area contributed by atoms with E-state index in [4.69, 9.17) is 4.74 Å². The fourth-order valence-corrected chi connectivity index (χ4v) is 3.76. The lowest BCUT2D eigenvalue weighted by molar-refractivity contribution is -0.189. The minimum Gasteiger partial charge on any atom is -0.480 e. The minimum absolute atomic E-state index is 0.316. The largest absolute Gasteiger partial charge is 0.480 e. The molecule has 2 aromatic rings. The lowest BCUT2D eigenvalue weighted by atomic mass is 10.1. The number of carbonyl (C=O) groups excluding carboxylic acids is 1. The molecule has 1 fully saturated rings. The third-order valence-electron chi connectivity index (χ3n) is 5.69. The van der Waals surface area contributed by atoms with Crippen molar-refractivity contribution in [3.05, 3.63) is 53.3 Å². The van der Waals surface area contributed by atoms with Crippen molar-refractivity contribution in [1.82, 2.24) is 9.80 Å². The summed E-state index contributed by atoms with van der Waals surface area (Å²) in [6.45, 7) is 1.68. The van der Waals surface area contributed by atoms with Crippen molar-refractivity contribution in [2.45, 2.75) is 32.0 Å². The number of nitrogens with zero attached hydrogens (tertiary/aromatic N) is 4. The number of fused-ring (bicyclic) bond motifs is 1. The lowest BCUT2D eigenvalue weighted by Crippen LogP contribution is -2.51. The highest BCUT2D eigenvalue weighted by atomic mass is 19.4. The minimum atomic E-state index is -4.85. The molecule has 2 aromatic carbocycles. The zero-order chi connectivity index (χ0) is 26.4. The number of benzene rings is 2. The molecule has 0 aliphatic carbocycles. The van der Waals surface area contributed by atoms with Crippen LogP contribution in [0.1, 0.15) is 23.7 Å². The number of rotatable bonds is 5. The van der Waals surface area contributed by atoms with Crippen LogP contribution in [0.5, 0.6) is 5.75 Å². The average Bonchev–Trinajstić information content (AvgIpc) is 3.14. The number of amides is 1. The number of halogens is 6. The van der Waals surface area contributed by atoms with Crippen molar-refractivity contribution in [2.24, 2.45) is 5.10 Å². The molecule has 2 atom stereocenters. The predicted octanol–water partition coefficient (Wildman–Crippen LogP) is 3.69. The van der Waals surface area contributed by atoms with Gasteiger partial charge in [-0.25, -0.2) is 18.2 Å². The van der Waals surface area contributed by atoms with Crippen LogP contribution in [0.3, 0.4) is 0 Å². The number of hydrogen-bond acceptors (Lipinski definition) is 7. The Labute approximate surface area is 201 Å². The van der Waals surface area contributed by atoms with Crippen molar-refractivity contribution in [1.29, 1.82) is 0 Å². The molecule has 2 N–H and O–H groups in total. The van der Waals surface area contributed by atoms with E-state index in [2.05, 4.69) is 5.10 Å². The van der Waals surface area contributed by atoms with Gasteiger partial charge in [0.15, 0.2) is 6.10 Å². The molecule has 194 valence electrons. The number of ether oxygens (including phenoxy) is 1. The van der Waals surface area contributed by atoms with Crippen LogP contribution in [0.2, 0.25) is 0 Å². The summed E-state index contributed by atoms with van der Waals surface area (Å²) in [5, 5.41) is 17.6. The van der Waals surface area contributed by atoms with Crippen LogP contribution < -0.4 is 15.1 Å². The zero-order valence-electron chi connectivity index (χ0n) is 19.0. The van der Waals surface area contributed by atoms with E-state index in [1.165, 1.54) is 4.90 Å². The van der Waals surface area contributed by atoms with Gasteiger partial charge in [0.05, 0.1) is 5.56 Å². The van der Waals surface area contributed by atoms with Crippen LogP contribution in [-0.4, -0.2) is 65.5 Å². The zero-order valence-corrected chi connectivity index (χ0v) is 19.0. The van der Waals surface area contributed by atoms with Crippen molar-refractivity contribution >= 4 is 23.2 Å². The Balaban J connectivity index is 1.75. The van der Waals surface area contributed by atoms with E-state index in [1.807, 2.05) is 5.32 Å². The molecular weight excluding hydrogens is 496 g/mol. The second-order valence-electron chi connectivity index (χ2n) is 8.21. The van der Waals surface area contributed by atoms with E-state index < -0.39 is 64.7 Å². The lowest BCUT2D eigenvalue weighted by Gasteiger charge is -2.34. The number of anilines is 2. The SMILES string of the molecule is C[C@H](Oc1cc(N2N=C3N(C)CCCN3C2O)c(F)cc1C(=O)Nc1c(F)cccc1F)C(F)(F)F. The Bertz CT molecular complexity index is 1190. The summed E-state index contributed by atoms with van der Waals surface area (Å²) in [6.07, 6.45) is -8.08. The fourth-order valence-electron chi connectivity index (χ4n) is 3.76. The first-order valence-corrected chi connectivity index (χ1v) is 10.7. The van der Waals surface area contributed by atoms with Gasteiger partial charge in [-0.05, 0) is 31.5 Å². The molecule has 0 aromatic heterocycles. The standard InChI is InChI=1S/C22H21F6N5O3/c1-11(22(26,27)28)36-17-10-16(33-21(35)32-8-4-7-31(2)20(32)30-33)15(25)9-12(17)19(34)29-18-13(23)5-3-6-14(18)24/h3,5-6,9-11,21,35H,4,7-8H2,1-2H3,(H,29,34)/t11-,21?/m0/s1. The molecule has 1 amide bonds. The van der Waals surface area contributed by atoms with E-state index in [1.54, 1.807) is 11.9 Å². The van der Waals surface area contributed by atoms with Gasteiger partial charge >= 0.3 is 6.18 Å². The van der Waals surface area contributed by atoms with Crippen LogP contribution in [0.15, 0.2) is 35.4 Å². The molecule has 2 aliphatic rings. The first-order chi connectivity index (χ1) is 16.9. The molecule has 2 heterocycles. The van der Waals surface area contributed by atoms with Crippen LogP contribution in [0.25, 0.3) is 0 Å². The molecule has 0 spiro atoms. The summed E-state index contributed by atoms with van der Waals surface area (Å²) in [4.78, 5) is 16.0. The Morgan fingerprint density at radius 1 is 1.17 bits per heavy atom. The number of hydrazone groups is 1. The van der Waals surface area contributed by atoms with Gasteiger partial charge in [-0.3, -0.25) is 9.69 Å². The van der Waals surface area contributed by atoms with Gasteiger partial charge in [0, 0.05) is 26.2 Å². The molecule has 36 heavy (non-hydrogen) atoms. The fraction of sp³-hybridized carbons (Fsp3) is 0.364. The summed E-state index contributed by atoms with van der Waals surface area (Å²) < 4.78 is 87.8. The molecule has 0 bridgehead atoms.